The fourth-order valence-electron chi connectivity index (χ4n) is 4.92. The zero-order valence-electron chi connectivity index (χ0n) is 24.9. The monoisotopic (exact) mass is 551 g/mol. The molecular weight excluding hydrogens is 506 g/mol. The Balaban J connectivity index is 1.25. The molecular formula is C32H45N3O5. The van der Waals surface area contributed by atoms with Crippen LogP contribution in [0.15, 0.2) is 48.5 Å². The molecule has 0 N–H and O–H groups in total. The fourth-order valence-corrected chi connectivity index (χ4v) is 4.92. The molecule has 0 spiro atoms. The topological polar surface area (TPSA) is 71.5 Å². The molecule has 2 fully saturated rings. The Bertz CT molecular complexity index is 1140. The second-order valence-electron chi connectivity index (χ2n) is 12.8. The van der Waals surface area contributed by atoms with Crippen LogP contribution in [0.3, 0.4) is 0 Å². The summed E-state index contributed by atoms with van der Waals surface area (Å²) in [6.45, 7) is 16.5. The summed E-state index contributed by atoms with van der Waals surface area (Å²) in [5.41, 5.74) is 2.61. The quantitative estimate of drug-likeness (QED) is 0.442. The Morgan fingerprint density at radius 3 is 1.82 bits per heavy atom. The summed E-state index contributed by atoms with van der Waals surface area (Å²) in [7, 11) is 0. The minimum Gasteiger partial charge on any atom is -0.490 e. The molecule has 0 bridgehead atoms. The van der Waals surface area contributed by atoms with Crippen molar-refractivity contribution in [3.8, 4) is 16.9 Å². The molecule has 8 heteroatoms. The van der Waals surface area contributed by atoms with Gasteiger partial charge in [-0.25, -0.2) is 9.59 Å². The molecule has 4 rings (SSSR count). The summed E-state index contributed by atoms with van der Waals surface area (Å²) >= 11 is 0. The van der Waals surface area contributed by atoms with Gasteiger partial charge >= 0.3 is 12.2 Å². The Labute approximate surface area is 239 Å². The number of piperazine rings is 1. The summed E-state index contributed by atoms with van der Waals surface area (Å²) in [5.74, 6) is 0.846. The maximum atomic E-state index is 12.4. The van der Waals surface area contributed by atoms with E-state index in [0.29, 0.717) is 26.2 Å². The molecule has 0 radical (unpaired) electrons. The maximum Gasteiger partial charge on any atom is 0.410 e. The number of benzene rings is 2. The number of ether oxygens (including phenoxy) is 3. The lowest BCUT2D eigenvalue weighted by atomic mass is 10.0. The van der Waals surface area contributed by atoms with Crippen LogP contribution < -0.4 is 4.74 Å². The lowest BCUT2D eigenvalue weighted by Gasteiger charge is -2.35. The predicted octanol–water partition coefficient (Wildman–Crippen LogP) is 6.18. The van der Waals surface area contributed by atoms with Crippen LogP contribution in [0.4, 0.5) is 9.59 Å². The molecule has 0 saturated carbocycles. The number of carbonyl (C=O) groups excluding carboxylic acids is 2. The number of hydrogen-bond donors (Lipinski definition) is 0. The van der Waals surface area contributed by atoms with E-state index in [-0.39, 0.29) is 18.3 Å². The summed E-state index contributed by atoms with van der Waals surface area (Å²) in [6, 6.07) is 16.9. The molecule has 2 heterocycles. The second-order valence-corrected chi connectivity index (χ2v) is 12.8. The Hall–Kier alpha value is -3.26. The van der Waals surface area contributed by atoms with Crippen LogP contribution >= 0.6 is 0 Å². The lowest BCUT2D eigenvalue weighted by Crippen LogP contribution is -2.49. The maximum absolute atomic E-state index is 12.4. The Kier molecular flexibility index (Phi) is 9.29. The highest BCUT2D eigenvalue weighted by Crippen LogP contribution is 2.26. The molecule has 40 heavy (non-hydrogen) atoms. The minimum absolute atomic E-state index is 0.0867. The van der Waals surface area contributed by atoms with Crippen molar-refractivity contribution in [3.05, 3.63) is 54.1 Å². The van der Waals surface area contributed by atoms with Gasteiger partial charge in [-0.05, 0) is 76.4 Å². The minimum atomic E-state index is -0.482. The van der Waals surface area contributed by atoms with Gasteiger partial charge in [0.05, 0.1) is 0 Å². The van der Waals surface area contributed by atoms with Crippen LogP contribution in [0, 0.1) is 0 Å². The standard InChI is InChI=1S/C32H45N3O5/c1-31(2,3)39-29(36)34-16-14-28(15-17-34)38-27-12-10-25(11-13-27)26-9-7-8-24(22-26)23-33-18-20-35(21-19-33)30(37)40-32(4,5)6/h7-13,22,28H,14-21,23H2,1-6H3. The Morgan fingerprint density at radius 1 is 0.725 bits per heavy atom. The molecule has 0 atom stereocenters. The van der Waals surface area contributed by atoms with Gasteiger partial charge in [-0.2, -0.15) is 0 Å². The van der Waals surface area contributed by atoms with Crippen molar-refractivity contribution in [2.75, 3.05) is 39.3 Å². The summed E-state index contributed by atoms with van der Waals surface area (Å²) < 4.78 is 17.2. The molecule has 2 aliphatic rings. The number of likely N-dealkylation sites (tertiary alicyclic amines) is 1. The summed E-state index contributed by atoms with van der Waals surface area (Å²) in [5, 5.41) is 0. The van der Waals surface area contributed by atoms with Crippen molar-refractivity contribution >= 4 is 12.2 Å². The third-order valence-corrected chi connectivity index (χ3v) is 6.94. The molecule has 2 amide bonds. The van der Waals surface area contributed by atoms with E-state index in [0.717, 1.165) is 43.8 Å². The highest BCUT2D eigenvalue weighted by molar-refractivity contribution is 5.69. The molecule has 0 aromatic heterocycles. The van der Waals surface area contributed by atoms with E-state index < -0.39 is 11.2 Å². The number of piperidine rings is 1. The zero-order valence-corrected chi connectivity index (χ0v) is 24.9. The predicted molar refractivity (Wildman–Crippen MR) is 156 cm³/mol. The van der Waals surface area contributed by atoms with Gasteiger partial charge in [-0.3, -0.25) is 4.90 Å². The van der Waals surface area contributed by atoms with Gasteiger partial charge < -0.3 is 24.0 Å². The van der Waals surface area contributed by atoms with E-state index in [1.807, 2.05) is 53.7 Å². The average Bonchev–Trinajstić information content (AvgIpc) is 2.88. The van der Waals surface area contributed by atoms with Crippen LogP contribution in [0.25, 0.3) is 11.1 Å². The van der Waals surface area contributed by atoms with Crippen molar-refractivity contribution in [1.29, 1.82) is 0 Å². The van der Waals surface area contributed by atoms with Gasteiger partial charge in [0, 0.05) is 58.7 Å². The van der Waals surface area contributed by atoms with E-state index in [4.69, 9.17) is 14.2 Å². The van der Waals surface area contributed by atoms with Gasteiger partial charge in [-0.15, -0.1) is 0 Å². The molecule has 218 valence electrons. The van der Waals surface area contributed by atoms with E-state index in [1.54, 1.807) is 9.80 Å². The van der Waals surface area contributed by atoms with Crippen LogP contribution in [0.1, 0.15) is 59.9 Å². The molecule has 2 aliphatic heterocycles. The van der Waals surface area contributed by atoms with E-state index >= 15 is 0 Å². The fraction of sp³-hybridized carbons (Fsp3) is 0.562. The SMILES string of the molecule is CC(C)(C)OC(=O)N1CCC(Oc2ccc(-c3cccc(CN4CCN(C(=O)OC(C)(C)C)CC4)c3)cc2)CC1. The van der Waals surface area contributed by atoms with E-state index in [1.165, 1.54) is 11.1 Å². The largest absolute Gasteiger partial charge is 0.490 e. The number of amides is 2. The first-order chi connectivity index (χ1) is 18.8. The van der Waals surface area contributed by atoms with Crippen molar-refractivity contribution in [1.82, 2.24) is 14.7 Å². The second kappa shape index (κ2) is 12.5. The van der Waals surface area contributed by atoms with Gasteiger partial charge in [0.1, 0.15) is 23.1 Å². The Morgan fingerprint density at radius 2 is 1.27 bits per heavy atom. The van der Waals surface area contributed by atoms with E-state index in [9.17, 15) is 9.59 Å². The number of carbonyl (C=O) groups is 2. The van der Waals surface area contributed by atoms with Crippen LogP contribution in [0.5, 0.6) is 5.75 Å². The molecule has 0 aliphatic carbocycles. The third-order valence-electron chi connectivity index (χ3n) is 6.94. The molecule has 2 aromatic rings. The van der Waals surface area contributed by atoms with Gasteiger partial charge in [0.15, 0.2) is 0 Å². The first-order valence-electron chi connectivity index (χ1n) is 14.4. The van der Waals surface area contributed by atoms with Crippen LogP contribution in [0.2, 0.25) is 0 Å². The van der Waals surface area contributed by atoms with E-state index in [2.05, 4.69) is 41.3 Å². The number of hydrogen-bond acceptors (Lipinski definition) is 6. The summed E-state index contributed by atoms with van der Waals surface area (Å²) in [4.78, 5) is 30.6. The molecule has 2 aromatic carbocycles. The van der Waals surface area contributed by atoms with Crippen LogP contribution in [-0.4, -0.2) is 83.5 Å². The zero-order chi connectivity index (χ0) is 28.9. The molecule has 8 nitrogen and oxygen atoms in total. The van der Waals surface area contributed by atoms with Gasteiger partial charge in [0.25, 0.3) is 0 Å². The van der Waals surface area contributed by atoms with Gasteiger partial charge in [0.2, 0.25) is 0 Å². The third kappa shape index (κ3) is 8.88. The molecule has 2 saturated heterocycles. The lowest BCUT2D eigenvalue weighted by molar-refractivity contribution is 0.0120. The van der Waals surface area contributed by atoms with Crippen LogP contribution in [-0.2, 0) is 16.0 Å². The van der Waals surface area contributed by atoms with Gasteiger partial charge in [-0.1, -0.05) is 30.3 Å². The van der Waals surface area contributed by atoms with Crippen molar-refractivity contribution < 1.29 is 23.8 Å². The highest BCUT2D eigenvalue weighted by atomic mass is 16.6. The highest BCUT2D eigenvalue weighted by Gasteiger charge is 2.28. The number of nitrogens with zero attached hydrogens (tertiary/aromatic N) is 3. The smallest absolute Gasteiger partial charge is 0.410 e. The van der Waals surface area contributed by atoms with Crippen molar-refractivity contribution in [2.45, 2.75) is 78.2 Å². The summed E-state index contributed by atoms with van der Waals surface area (Å²) in [6.07, 6.45) is 1.18. The normalized spacial score (nSPS) is 17.4. The number of rotatable bonds is 5. The van der Waals surface area contributed by atoms with Crippen molar-refractivity contribution in [2.24, 2.45) is 0 Å². The first kappa shape index (κ1) is 29.7. The first-order valence-corrected chi connectivity index (χ1v) is 14.4. The van der Waals surface area contributed by atoms with Crippen molar-refractivity contribution in [3.63, 3.8) is 0 Å². The average molecular weight is 552 g/mol. The molecule has 0 unspecified atom stereocenters.